The Morgan fingerprint density at radius 2 is 2.00 bits per heavy atom. The number of nitriles is 1. The van der Waals surface area contributed by atoms with E-state index in [4.69, 9.17) is 21.4 Å². The van der Waals surface area contributed by atoms with Crippen LogP contribution in [0, 0.1) is 21.4 Å². The number of nitro groups is 1. The number of non-ortho nitro benzene ring substituents is 1. The van der Waals surface area contributed by atoms with Crippen LogP contribution in [0.5, 0.6) is 5.75 Å². The molecule has 0 aliphatic heterocycles. The number of rotatable bonds is 6. The van der Waals surface area contributed by atoms with Crippen molar-refractivity contribution in [1.29, 1.82) is 5.26 Å². The van der Waals surface area contributed by atoms with E-state index in [-0.39, 0.29) is 17.0 Å². The molecule has 0 saturated heterocycles. The Kier molecular flexibility index (Phi) is 5.71. The number of halogens is 1. The van der Waals surface area contributed by atoms with Gasteiger partial charge in [0.15, 0.2) is 6.61 Å². The van der Waals surface area contributed by atoms with Crippen LogP contribution in [0.4, 0.5) is 5.69 Å². The molecule has 25 heavy (non-hydrogen) atoms. The normalized spacial score (nSPS) is 10.8. The molecule has 0 unspecified atom stereocenters. The topological polar surface area (TPSA) is 113 Å². The van der Waals surface area contributed by atoms with Crippen molar-refractivity contribution in [3.63, 3.8) is 0 Å². The summed E-state index contributed by atoms with van der Waals surface area (Å²) in [6, 6.07) is 12.1. The summed E-state index contributed by atoms with van der Waals surface area (Å²) < 4.78 is 5.18. The first-order valence-electron chi connectivity index (χ1n) is 6.91. The molecule has 0 aliphatic rings. The van der Waals surface area contributed by atoms with Crippen LogP contribution in [0.3, 0.4) is 0 Å². The van der Waals surface area contributed by atoms with E-state index in [1.165, 1.54) is 48.5 Å². The average molecular weight is 359 g/mol. The van der Waals surface area contributed by atoms with Crippen LogP contribution in [0.1, 0.15) is 11.1 Å². The summed E-state index contributed by atoms with van der Waals surface area (Å²) in [6.07, 6.45) is 1.48. The van der Waals surface area contributed by atoms with Gasteiger partial charge in [-0.25, -0.2) is 4.79 Å². The Morgan fingerprint density at radius 3 is 2.56 bits per heavy atom. The van der Waals surface area contributed by atoms with E-state index in [1.54, 1.807) is 0 Å². The number of carbonyl (C=O) groups is 1. The van der Waals surface area contributed by atoms with Crippen LogP contribution in [0.2, 0.25) is 5.02 Å². The maximum atomic E-state index is 10.7. The third-order valence-corrected chi connectivity index (χ3v) is 3.37. The molecule has 2 rings (SSSR count). The zero-order valence-corrected chi connectivity index (χ0v) is 13.4. The number of hydrogen-bond donors (Lipinski definition) is 1. The van der Waals surface area contributed by atoms with Gasteiger partial charge in [0.05, 0.1) is 16.6 Å². The summed E-state index contributed by atoms with van der Waals surface area (Å²) >= 11 is 5.95. The van der Waals surface area contributed by atoms with E-state index in [0.29, 0.717) is 16.1 Å². The molecule has 8 heteroatoms. The van der Waals surface area contributed by atoms with E-state index in [1.807, 2.05) is 6.07 Å². The van der Waals surface area contributed by atoms with Gasteiger partial charge >= 0.3 is 5.97 Å². The van der Waals surface area contributed by atoms with Crippen LogP contribution < -0.4 is 4.74 Å². The number of aliphatic carboxylic acids is 1. The zero-order chi connectivity index (χ0) is 18.4. The molecule has 2 aromatic carbocycles. The quantitative estimate of drug-likeness (QED) is 0.364. The van der Waals surface area contributed by atoms with Gasteiger partial charge in [0, 0.05) is 22.7 Å². The molecule has 0 aromatic heterocycles. The zero-order valence-electron chi connectivity index (χ0n) is 12.7. The minimum absolute atomic E-state index is 0.0886. The highest BCUT2D eigenvalue weighted by Crippen LogP contribution is 2.28. The molecule has 126 valence electrons. The smallest absolute Gasteiger partial charge is 0.341 e. The molecule has 0 atom stereocenters. The predicted molar refractivity (Wildman–Crippen MR) is 91.2 cm³/mol. The highest BCUT2D eigenvalue weighted by atomic mass is 35.5. The van der Waals surface area contributed by atoms with Crippen molar-refractivity contribution in [3.05, 3.63) is 68.7 Å². The standard InChI is InChI=1S/C17H11ClN2O5/c18-14-3-6-16(25-10-17(21)22)12(8-14)7-13(9-19)11-1-4-15(5-2-11)20(23)24/h1-8H,10H2,(H,21,22)/b13-7+. The van der Waals surface area contributed by atoms with Crippen LogP contribution in [-0.2, 0) is 4.79 Å². The van der Waals surface area contributed by atoms with E-state index < -0.39 is 17.5 Å². The lowest BCUT2D eigenvalue weighted by molar-refractivity contribution is -0.384. The van der Waals surface area contributed by atoms with Gasteiger partial charge in [-0.05, 0) is 42.0 Å². The Morgan fingerprint density at radius 1 is 1.32 bits per heavy atom. The maximum absolute atomic E-state index is 10.7. The molecule has 1 N–H and O–H groups in total. The summed E-state index contributed by atoms with van der Waals surface area (Å²) in [6.45, 7) is -0.540. The fourth-order valence-corrected chi connectivity index (χ4v) is 2.18. The molecule has 0 saturated carbocycles. The molecule has 7 nitrogen and oxygen atoms in total. The Labute approximate surface area is 147 Å². The summed E-state index contributed by atoms with van der Waals surface area (Å²) in [5.74, 6) is -0.887. The van der Waals surface area contributed by atoms with E-state index in [0.717, 1.165) is 0 Å². The van der Waals surface area contributed by atoms with Crippen molar-refractivity contribution in [2.75, 3.05) is 6.61 Å². The number of allylic oxidation sites excluding steroid dienone is 1. The van der Waals surface area contributed by atoms with Gasteiger partial charge in [-0.15, -0.1) is 0 Å². The number of carboxylic acid groups (broad SMARTS) is 1. The molecule has 0 heterocycles. The van der Waals surface area contributed by atoms with E-state index in [9.17, 15) is 20.2 Å². The molecule has 2 aromatic rings. The fourth-order valence-electron chi connectivity index (χ4n) is 2.00. The minimum Gasteiger partial charge on any atom is -0.481 e. The second-order valence-electron chi connectivity index (χ2n) is 4.84. The maximum Gasteiger partial charge on any atom is 0.341 e. The lowest BCUT2D eigenvalue weighted by Crippen LogP contribution is -2.10. The number of carboxylic acids is 1. The number of nitrogens with zero attached hydrogens (tertiary/aromatic N) is 2. The van der Waals surface area contributed by atoms with Gasteiger partial charge in [0.25, 0.3) is 5.69 Å². The lowest BCUT2D eigenvalue weighted by Gasteiger charge is -2.08. The van der Waals surface area contributed by atoms with Crippen molar-refractivity contribution in [1.82, 2.24) is 0 Å². The Hall–Kier alpha value is -3.37. The highest BCUT2D eigenvalue weighted by Gasteiger charge is 2.10. The Bertz CT molecular complexity index is 885. The SMILES string of the molecule is N#C/C(=C\c1cc(Cl)ccc1OCC(=O)O)c1ccc([N+](=O)[O-])cc1. The Balaban J connectivity index is 2.41. The van der Waals surface area contributed by atoms with Crippen LogP contribution >= 0.6 is 11.6 Å². The first-order valence-corrected chi connectivity index (χ1v) is 7.29. The van der Waals surface area contributed by atoms with Crippen LogP contribution in [0.25, 0.3) is 11.6 Å². The number of hydrogen-bond acceptors (Lipinski definition) is 5. The van der Waals surface area contributed by atoms with Crippen molar-refractivity contribution >= 4 is 34.9 Å². The second-order valence-corrected chi connectivity index (χ2v) is 5.27. The van der Waals surface area contributed by atoms with Crippen LogP contribution in [-0.4, -0.2) is 22.6 Å². The molecule has 0 fully saturated rings. The van der Waals surface area contributed by atoms with Crippen molar-refractivity contribution in [2.45, 2.75) is 0 Å². The van der Waals surface area contributed by atoms with E-state index in [2.05, 4.69) is 0 Å². The molecule has 0 spiro atoms. The predicted octanol–water partition coefficient (Wildman–Crippen LogP) is 3.78. The third kappa shape index (κ3) is 4.80. The van der Waals surface area contributed by atoms with Crippen LogP contribution in [0.15, 0.2) is 42.5 Å². The second kappa shape index (κ2) is 7.95. The monoisotopic (exact) mass is 358 g/mol. The van der Waals surface area contributed by atoms with Crippen molar-refractivity contribution < 1.29 is 19.6 Å². The summed E-state index contributed by atoms with van der Waals surface area (Å²) in [4.78, 5) is 20.8. The van der Waals surface area contributed by atoms with E-state index >= 15 is 0 Å². The number of nitro benzene ring substituents is 1. The summed E-state index contributed by atoms with van der Waals surface area (Å²) in [5.41, 5.74) is 1.02. The van der Waals surface area contributed by atoms with Crippen molar-refractivity contribution in [3.8, 4) is 11.8 Å². The summed E-state index contributed by atoms with van der Waals surface area (Å²) in [7, 11) is 0. The fraction of sp³-hybridized carbons (Fsp3) is 0.0588. The van der Waals surface area contributed by atoms with Crippen molar-refractivity contribution in [2.24, 2.45) is 0 Å². The van der Waals surface area contributed by atoms with Gasteiger partial charge in [-0.3, -0.25) is 10.1 Å². The molecule has 0 aliphatic carbocycles. The number of ether oxygens (including phenoxy) is 1. The highest BCUT2D eigenvalue weighted by molar-refractivity contribution is 6.30. The molecule has 0 radical (unpaired) electrons. The minimum atomic E-state index is -1.14. The number of benzene rings is 2. The summed E-state index contributed by atoms with van der Waals surface area (Å²) in [5, 5.41) is 29.2. The molecule has 0 bridgehead atoms. The lowest BCUT2D eigenvalue weighted by atomic mass is 10.0. The molecular formula is C17H11ClN2O5. The van der Waals surface area contributed by atoms with Gasteiger partial charge in [0.2, 0.25) is 0 Å². The third-order valence-electron chi connectivity index (χ3n) is 3.13. The first-order chi connectivity index (χ1) is 11.9. The van der Waals surface area contributed by atoms with Gasteiger partial charge in [-0.2, -0.15) is 5.26 Å². The first kappa shape index (κ1) is 18.0. The average Bonchev–Trinajstić information content (AvgIpc) is 2.58. The van der Waals surface area contributed by atoms with Gasteiger partial charge < -0.3 is 9.84 Å². The molecule has 0 amide bonds. The molecular weight excluding hydrogens is 348 g/mol. The van der Waals surface area contributed by atoms with Gasteiger partial charge in [0.1, 0.15) is 5.75 Å². The van der Waals surface area contributed by atoms with Gasteiger partial charge in [-0.1, -0.05) is 11.6 Å². The largest absolute Gasteiger partial charge is 0.481 e.